The molecule has 1 unspecified atom stereocenters. The third-order valence-corrected chi connectivity index (χ3v) is 15.1. The lowest BCUT2D eigenvalue weighted by Crippen LogP contribution is -2.52. The number of pyridine rings is 1. The summed E-state index contributed by atoms with van der Waals surface area (Å²) in [6.45, 7) is 7.23. The van der Waals surface area contributed by atoms with E-state index in [-0.39, 0.29) is 35.7 Å². The molecule has 3 fully saturated rings. The number of halogens is 2. The minimum Gasteiger partial charge on any atom is -0.495 e. The molecule has 17 heteroatoms. The van der Waals surface area contributed by atoms with Crippen LogP contribution in [0.3, 0.4) is 0 Å². The first kappa shape index (κ1) is 42.3. The van der Waals surface area contributed by atoms with Crippen molar-refractivity contribution >= 4 is 46.5 Å². The van der Waals surface area contributed by atoms with Crippen LogP contribution in [0, 0.1) is 0 Å². The lowest BCUT2D eigenvalue weighted by Gasteiger charge is -2.43. The van der Waals surface area contributed by atoms with Gasteiger partial charge in [0.05, 0.1) is 25.9 Å². The molecule has 15 nitrogen and oxygen atoms in total. The normalized spacial score (nSPS) is 22.5. The number of hydrogen-bond acceptors (Lipinski definition) is 10. The molecule has 3 aromatic heterocycles. The summed E-state index contributed by atoms with van der Waals surface area (Å²) in [4.78, 5) is 65.3. The van der Waals surface area contributed by atoms with Crippen LogP contribution in [0.4, 0.5) is 26.0 Å². The number of alkyl halides is 2. The van der Waals surface area contributed by atoms with E-state index in [1.54, 1.807) is 49.7 Å². The molecule has 344 valence electrons. The van der Waals surface area contributed by atoms with Crippen molar-refractivity contribution in [3.63, 3.8) is 0 Å². The van der Waals surface area contributed by atoms with Crippen LogP contribution in [0.15, 0.2) is 55.0 Å². The molecule has 0 bridgehead atoms. The molecule has 1 aliphatic carbocycles. The van der Waals surface area contributed by atoms with E-state index in [9.17, 15) is 19.2 Å². The van der Waals surface area contributed by atoms with Crippen LogP contribution in [0.5, 0.6) is 5.75 Å². The number of benzene rings is 2. The van der Waals surface area contributed by atoms with Crippen LogP contribution in [0.2, 0.25) is 0 Å². The van der Waals surface area contributed by atoms with Crippen molar-refractivity contribution in [3.8, 4) is 16.9 Å². The standard InChI is InChI=1S/C49H54F2N10O5/c1-29(62)57-16-13-40-39(27-57)47(59-15-3-4-30-23-36(38(46(50)51)24-42(30)59)37-25-44-52-14-17-58(44)28-43(37)66-2)54-61(40)33-7-5-32(6-8-33)55-18-20-56(21-19-55)34-9-10-35-31(22-34)26-60(49(35)65)41-11-12-45(63)53-48(41)64/h9-10,14,17,22-25,28,32-33,41,46H,3-8,11-13,15-16,18-21,26-27H2,1-2H3,(H,53,63,64). The third-order valence-electron chi connectivity index (χ3n) is 15.1. The number of hydrogen-bond donors (Lipinski definition) is 1. The first-order chi connectivity index (χ1) is 32.0. The maximum Gasteiger partial charge on any atom is 0.264 e. The Morgan fingerprint density at radius 2 is 1.65 bits per heavy atom. The molecular formula is C49H54F2N10O5. The SMILES string of the molecule is COc1cn2ccnc2cc1-c1cc2c(cc1C(F)F)N(c1nn(C3CCC(N4CCN(c5ccc6c(c5)CN(C5CCC(=O)NC5=O)C6=O)CC4)CC3)c3c1CN(C(C)=O)CC3)CCC2. The molecule has 66 heavy (non-hydrogen) atoms. The Morgan fingerprint density at radius 1 is 0.848 bits per heavy atom. The van der Waals surface area contributed by atoms with E-state index in [0.717, 1.165) is 104 Å². The number of anilines is 3. The lowest BCUT2D eigenvalue weighted by molar-refractivity contribution is -0.137. The van der Waals surface area contributed by atoms with Crippen LogP contribution in [0.1, 0.15) is 103 Å². The number of aromatic nitrogens is 4. The Bertz CT molecular complexity index is 2770. The van der Waals surface area contributed by atoms with Gasteiger partial charge in [0.15, 0.2) is 5.82 Å². The maximum absolute atomic E-state index is 15.2. The number of piperazine rings is 1. The van der Waals surface area contributed by atoms with E-state index in [2.05, 4.69) is 35.7 Å². The summed E-state index contributed by atoms with van der Waals surface area (Å²) in [5.74, 6) is 0.406. The van der Waals surface area contributed by atoms with Gasteiger partial charge in [0.2, 0.25) is 17.7 Å². The predicted octanol–water partition coefficient (Wildman–Crippen LogP) is 6.20. The van der Waals surface area contributed by atoms with Crippen molar-refractivity contribution < 1.29 is 32.7 Å². The van der Waals surface area contributed by atoms with E-state index in [4.69, 9.17) is 9.84 Å². The van der Waals surface area contributed by atoms with Gasteiger partial charge in [0, 0.05) is 123 Å². The molecule has 1 N–H and O–H groups in total. The zero-order valence-corrected chi connectivity index (χ0v) is 37.3. The topological polar surface area (TPSA) is 141 Å². The average molecular weight is 901 g/mol. The number of ether oxygens (including phenoxy) is 1. The molecule has 0 radical (unpaired) electrons. The smallest absolute Gasteiger partial charge is 0.264 e. The number of imide groups is 1. The second kappa shape index (κ2) is 16.8. The molecule has 0 spiro atoms. The Labute approximate surface area is 381 Å². The minimum absolute atomic E-state index is 0.00900. The highest BCUT2D eigenvalue weighted by Crippen LogP contribution is 2.46. The fraction of sp³-hybridized carbons (Fsp3) is 0.469. The molecule has 2 saturated heterocycles. The molecule has 5 aromatic rings. The molecule has 1 saturated carbocycles. The molecule has 8 heterocycles. The highest BCUT2D eigenvalue weighted by atomic mass is 19.3. The van der Waals surface area contributed by atoms with E-state index in [0.29, 0.717) is 73.1 Å². The highest BCUT2D eigenvalue weighted by Gasteiger charge is 2.40. The number of aryl methyl sites for hydroxylation is 1. The Kier molecular flexibility index (Phi) is 10.8. The number of methoxy groups -OCH3 is 1. The number of piperidine rings is 1. The van der Waals surface area contributed by atoms with Crippen molar-refractivity contribution in [2.75, 3.05) is 56.2 Å². The summed E-state index contributed by atoms with van der Waals surface area (Å²) in [5, 5.41) is 7.78. The Morgan fingerprint density at radius 3 is 2.41 bits per heavy atom. The van der Waals surface area contributed by atoms with Gasteiger partial charge in [0.1, 0.15) is 17.4 Å². The predicted molar refractivity (Wildman–Crippen MR) is 242 cm³/mol. The largest absolute Gasteiger partial charge is 0.495 e. The van der Waals surface area contributed by atoms with Gasteiger partial charge < -0.3 is 28.7 Å². The van der Waals surface area contributed by atoms with Gasteiger partial charge in [-0.15, -0.1) is 0 Å². The van der Waals surface area contributed by atoms with Crippen LogP contribution in [-0.2, 0) is 40.3 Å². The first-order valence-corrected chi connectivity index (χ1v) is 23.4. The molecular weight excluding hydrogens is 847 g/mol. The quantitative estimate of drug-likeness (QED) is 0.179. The van der Waals surface area contributed by atoms with Crippen molar-refractivity contribution in [2.24, 2.45) is 0 Å². The molecule has 4 amide bonds. The van der Waals surface area contributed by atoms with E-state index in [1.165, 1.54) is 0 Å². The van der Waals surface area contributed by atoms with Gasteiger partial charge in [0.25, 0.3) is 12.3 Å². The number of carbonyl (C=O) groups is 4. The summed E-state index contributed by atoms with van der Waals surface area (Å²) in [6, 6.07) is 11.3. The second-order valence-electron chi connectivity index (χ2n) is 18.7. The number of fused-ring (bicyclic) bond motifs is 4. The van der Waals surface area contributed by atoms with E-state index >= 15 is 8.78 Å². The number of imidazole rings is 1. The maximum atomic E-state index is 15.2. The summed E-state index contributed by atoms with van der Waals surface area (Å²) in [5.41, 5.74) is 8.05. The van der Waals surface area contributed by atoms with Gasteiger partial charge in [-0.25, -0.2) is 13.8 Å². The van der Waals surface area contributed by atoms with Crippen molar-refractivity contribution in [2.45, 2.75) is 102 Å². The summed E-state index contributed by atoms with van der Waals surface area (Å²) >= 11 is 0. The average Bonchev–Trinajstić information content (AvgIpc) is 4.05. The zero-order valence-electron chi connectivity index (χ0n) is 37.3. The number of rotatable bonds is 8. The molecule has 2 aromatic carbocycles. The Balaban J connectivity index is 0.798. The number of nitrogens with zero attached hydrogens (tertiary/aromatic N) is 9. The fourth-order valence-corrected chi connectivity index (χ4v) is 11.6. The van der Waals surface area contributed by atoms with Gasteiger partial charge in [-0.3, -0.25) is 34.1 Å². The van der Waals surface area contributed by atoms with Gasteiger partial charge in [-0.2, -0.15) is 5.10 Å². The number of nitrogens with one attached hydrogen (secondary N) is 1. The van der Waals surface area contributed by atoms with Crippen LogP contribution in [-0.4, -0.2) is 116 Å². The molecule has 6 aliphatic rings. The van der Waals surface area contributed by atoms with Crippen LogP contribution < -0.4 is 19.9 Å². The van der Waals surface area contributed by atoms with Crippen LogP contribution in [0.25, 0.3) is 16.8 Å². The van der Waals surface area contributed by atoms with Crippen molar-refractivity contribution in [3.05, 3.63) is 88.5 Å². The number of amides is 4. The highest BCUT2D eigenvalue weighted by molar-refractivity contribution is 6.05. The second-order valence-corrected chi connectivity index (χ2v) is 18.7. The molecule has 5 aliphatic heterocycles. The summed E-state index contributed by atoms with van der Waals surface area (Å²) in [7, 11) is 1.55. The zero-order chi connectivity index (χ0) is 45.4. The van der Waals surface area contributed by atoms with Crippen molar-refractivity contribution in [1.29, 1.82) is 0 Å². The van der Waals surface area contributed by atoms with Gasteiger partial charge >= 0.3 is 0 Å². The lowest BCUT2D eigenvalue weighted by atomic mass is 9.89. The minimum atomic E-state index is -2.74. The van der Waals surface area contributed by atoms with Crippen molar-refractivity contribution in [1.82, 2.24) is 39.2 Å². The first-order valence-electron chi connectivity index (χ1n) is 23.4. The summed E-state index contributed by atoms with van der Waals surface area (Å²) < 4.78 is 40.1. The molecule has 1 atom stereocenters. The third kappa shape index (κ3) is 7.35. The monoisotopic (exact) mass is 900 g/mol. The van der Waals surface area contributed by atoms with Gasteiger partial charge in [-0.05, 0) is 98.0 Å². The van der Waals surface area contributed by atoms with Crippen LogP contribution >= 0.6 is 0 Å². The van der Waals surface area contributed by atoms with Gasteiger partial charge in [-0.1, -0.05) is 0 Å². The fourth-order valence-electron chi connectivity index (χ4n) is 11.6. The summed E-state index contributed by atoms with van der Waals surface area (Å²) in [6.07, 6.45) is 9.33. The number of carbonyl (C=O) groups excluding carboxylic acids is 4. The van der Waals surface area contributed by atoms with E-state index < -0.39 is 18.4 Å². The van der Waals surface area contributed by atoms with E-state index in [1.807, 2.05) is 27.5 Å². The Hall–Kier alpha value is -6.36. The molecule has 11 rings (SSSR count).